The molecule has 1 aliphatic rings. The van der Waals surface area contributed by atoms with E-state index in [0.717, 1.165) is 5.82 Å². The molecular weight excluding hydrogens is 266 g/mol. The van der Waals surface area contributed by atoms with Crippen LogP contribution < -0.4 is 5.69 Å². The predicted molar refractivity (Wildman–Crippen MR) is 69.2 cm³/mol. The lowest BCUT2D eigenvalue weighted by molar-refractivity contribution is 0.0753. The molecule has 1 amide bonds. The molecule has 0 spiro atoms. The first-order chi connectivity index (χ1) is 9.16. The smallest absolute Gasteiger partial charge is 0.335 e. The van der Waals surface area contributed by atoms with Crippen LogP contribution in [0.3, 0.4) is 0 Å². The van der Waals surface area contributed by atoms with Crippen molar-refractivity contribution in [3.8, 4) is 0 Å². The van der Waals surface area contributed by atoms with E-state index >= 15 is 0 Å². The monoisotopic (exact) mass is 279 g/mol. The minimum absolute atomic E-state index is 0.0798. The van der Waals surface area contributed by atoms with Gasteiger partial charge in [-0.1, -0.05) is 0 Å². The van der Waals surface area contributed by atoms with Crippen LogP contribution in [0.2, 0.25) is 0 Å². The van der Waals surface area contributed by atoms with E-state index < -0.39 is 0 Å². The lowest BCUT2D eigenvalue weighted by Gasteiger charge is -2.18. The zero-order valence-corrected chi connectivity index (χ0v) is 11.3. The summed E-state index contributed by atoms with van der Waals surface area (Å²) in [4.78, 5) is 29.8. The van der Waals surface area contributed by atoms with Crippen LogP contribution in [0.5, 0.6) is 0 Å². The van der Waals surface area contributed by atoms with E-state index in [0.29, 0.717) is 31.7 Å². The molecule has 3 rings (SSSR count). The van der Waals surface area contributed by atoms with Gasteiger partial charge in [0.2, 0.25) is 0 Å². The number of rotatable bonds is 1. The normalized spacial score (nSPS) is 15.1. The molecule has 100 valence electrons. The van der Waals surface area contributed by atoms with Gasteiger partial charge in [0.25, 0.3) is 5.91 Å². The largest absolute Gasteiger partial charge is 0.345 e. The highest BCUT2D eigenvalue weighted by atomic mass is 32.1. The molecule has 2 aromatic rings. The highest BCUT2D eigenvalue weighted by molar-refractivity contribution is 7.07. The Morgan fingerprint density at radius 2 is 2.21 bits per heavy atom. The maximum absolute atomic E-state index is 12.2. The van der Waals surface area contributed by atoms with Crippen LogP contribution in [0.4, 0.5) is 0 Å². The van der Waals surface area contributed by atoms with Gasteiger partial charge in [-0.25, -0.2) is 14.5 Å². The van der Waals surface area contributed by atoms with Gasteiger partial charge in [-0.2, -0.15) is 5.10 Å². The molecule has 8 heteroatoms. The summed E-state index contributed by atoms with van der Waals surface area (Å²) in [5.41, 5.74) is 1.99. The molecule has 0 fully saturated rings. The number of amides is 1. The molecule has 2 aromatic heterocycles. The van der Waals surface area contributed by atoms with Gasteiger partial charge in [-0.05, 0) is 0 Å². The molecule has 0 unspecified atom stereocenters. The van der Waals surface area contributed by atoms with Crippen molar-refractivity contribution in [1.29, 1.82) is 0 Å². The number of carbonyl (C=O) groups excluding carboxylic acids is 1. The second kappa shape index (κ2) is 4.61. The summed E-state index contributed by atoms with van der Waals surface area (Å²) < 4.78 is 2.97. The fourth-order valence-electron chi connectivity index (χ4n) is 2.22. The van der Waals surface area contributed by atoms with Crippen LogP contribution >= 0.6 is 11.3 Å². The topological polar surface area (TPSA) is 73.0 Å². The Morgan fingerprint density at radius 3 is 2.95 bits per heavy atom. The average Bonchev–Trinajstić information content (AvgIpc) is 2.96. The number of fused-ring (bicyclic) bond motifs is 1. The Morgan fingerprint density at radius 1 is 1.37 bits per heavy atom. The lowest BCUT2D eigenvalue weighted by Crippen LogP contribution is -2.35. The Hall–Kier alpha value is -1.96. The highest BCUT2D eigenvalue weighted by Crippen LogP contribution is 2.10. The minimum atomic E-state index is -0.127. The molecule has 19 heavy (non-hydrogen) atoms. The van der Waals surface area contributed by atoms with E-state index in [1.807, 2.05) is 0 Å². The molecule has 0 bridgehead atoms. The minimum Gasteiger partial charge on any atom is -0.335 e. The molecular formula is C11H13N5O2S. The summed E-state index contributed by atoms with van der Waals surface area (Å²) >= 11 is 1.40. The van der Waals surface area contributed by atoms with E-state index in [9.17, 15) is 9.59 Å². The van der Waals surface area contributed by atoms with Gasteiger partial charge in [-0.15, -0.1) is 11.3 Å². The first-order valence-electron chi connectivity index (χ1n) is 5.97. The Balaban J connectivity index is 1.81. The molecule has 0 aliphatic carbocycles. The molecule has 0 N–H and O–H groups in total. The molecule has 0 aromatic carbocycles. The standard InChI is InChI=1S/C11H13N5O2S/c1-14-11(18)16-5-4-15(3-2-9(16)13-14)10(17)8-6-19-7-12-8/h6-7H,2-5H2,1H3. The van der Waals surface area contributed by atoms with Crippen molar-refractivity contribution in [2.24, 2.45) is 7.05 Å². The molecule has 3 heterocycles. The summed E-state index contributed by atoms with van der Waals surface area (Å²) in [6.07, 6.45) is 0.589. The van der Waals surface area contributed by atoms with E-state index in [1.165, 1.54) is 16.0 Å². The van der Waals surface area contributed by atoms with Crippen LogP contribution in [0.25, 0.3) is 0 Å². The summed E-state index contributed by atoms with van der Waals surface area (Å²) in [6, 6.07) is 0. The maximum atomic E-state index is 12.2. The Labute approximate surface area is 113 Å². The van der Waals surface area contributed by atoms with Crippen molar-refractivity contribution in [2.45, 2.75) is 13.0 Å². The van der Waals surface area contributed by atoms with Crippen molar-refractivity contribution in [1.82, 2.24) is 24.2 Å². The number of carbonyl (C=O) groups is 1. The molecule has 0 radical (unpaired) electrons. The molecule has 0 atom stereocenters. The Bertz CT molecular complexity index is 657. The van der Waals surface area contributed by atoms with Crippen LogP contribution in [-0.4, -0.2) is 43.2 Å². The lowest BCUT2D eigenvalue weighted by atomic mass is 10.3. The summed E-state index contributed by atoms with van der Waals surface area (Å²) in [7, 11) is 1.64. The summed E-state index contributed by atoms with van der Waals surface area (Å²) in [5, 5.41) is 5.92. The van der Waals surface area contributed by atoms with Crippen molar-refractivity contribution >= 4 is 17.2 Å². The fraction of sp³-hybridized carbons (Fsp3) is 0.455. The van der Waals surface area contributed by atoms with E-state index in [1.54, 1.807) is 27.4 Å². The molecule has 0 saturated carbocycles. The van der Waals surface area contributed by atoms with Crippen molar-refractivity contribution in [2.75, 3.05) is 13.1 Å². The van der Waals surface area contributed by atoms with Gasteiger partial charge in [0, 0.05) is 38.5 Å². The fourth-order valence-corrected chi connectivity index (χ4v) is 2.74. The molecule has 7 nitrogen and oxygen atoms in total. The van der Waals surface area contributed by atoms with E-state index in [4.69, 9.17) is 0 Å². The van der Waals surface area contributed by atoms with Crippen molar-refractivity contribution in [3.05, 3.63) is 32.9 Å². The first kappa shape index (κ1) is 12.1. The number of thiazole rings is 1. The highest BCUT2D eigenvalue weighted by Gasteiger charge is 2.23. The van der Waals surface area contributed by atoms with Crippen molar-refractivity contribution < 1.29 is 4.79 Å². The number of aryl methyl sites for hydroxylation is 1. The van der Waals surface area contributed by atoms with Crippen LogP contribution in [0.1, 0.15) is 16.3 Å². The summed E-state index contributed by atoms with van der Waals surface area (Å²) in [6.45, 7) is 1.56. The number of hydrogen-bond donors (Lipinski definition) is 0. The summed E-state index contributed by atoms with van der Waals surface area (Å²) in [5.74, 6) is 0.657. The first-order valence-corrected chi connectivity index (χ1v) is 6.91. The van der Waals surface area contributed by atoms with Crippen LogP contribution in [0.15, 0.2) is 15.7 Å². The third-order valence-corrected chi connectivity index (χ3v) is 3.81. The maximum Gasteiger partial charge on any atom is 0.345 e. The van der Waals surface area contributed by atoms with Gasteiger partial charge in [0.1, 0.15) is 11.5 Å². The number of hydrogen-bond acceptors (Lipinski definition) is 5. The van der Waals surface area contributed by atoms with E-state index in [-0.39, 0.29) is 11.6 Å². The zero-order chi connectivity index (χ0) is 13.4. The number of aromatic nitrogens is 4. The van der Waals surface area contributed by atoms with Crippen LogP contribution in [-0.2, 0) is 20.0 Å². The quantitative estimate of drug-likeness (QED) is 0.721. The van der Waals surface area contributed by atoms with Gasteiger partial charge >= 0.3 is 5.69 Å². The second-order valence-corrected chi connectivity index (χ2v) is 5.11. The zero-order valence-electron chi connectivity index (χ0n) is 10.4. The molecule has 1 aliphatic heterocycles. The van der Waals surface area contributed by atoms with Gasteiger partial charge in [0.15, 0.2) is 0 Å². The SMILES string of the molecule is Cn1nc2n(c1=O)CCN(C(=O)c1cscn1)CC2. The molecule has 0 saturated heterocycles. The van der Waals surface area contributed by atoms with Gasteiger partial charge in [0.05, 0.1) is 5.51 Å². The van der Waals surface area contributed by atoms with Gasteiger partial charge in [-0.3, -0.25) is 9.36 Å². The number of nitrogens with zero attached hydrogens (tertiary/aromatic N) is 5. The average molecular weight is 279 g/mol. The van der Waals surface area contributed by atoms with E-state index in [2.05, 4.69) is 10.1 Å². The Kier molecular flexibility index (Phi) is 2.94. The second-order valence-electron chi connectivity index (χ2n) is 4.39. The predicted octanol–water partition coefficient (Wildman–Crippen LogP) is -0.263. The van der Waals surface area contributed by atoms with Crippen LogP contribution in [0, 0.1) is 0 Å². The third-order valence-electron chi connectivity index (χ3n) is 3.22. The third kappa shape index (κ3) is 2.07. The van der Waals surface area contributed by atoms with Gasteiger partial charge < -0.3 is 4.90 Å². The van der Waals surface area contributed by atoms with Crippen molar-refractivity contribution in [3.63, 3.8) is 0 Å².